The first-order valence-electron chi connectivity index (χ1n) is 3.34. The summed E-state index contributed by atoms with van der Waals surface area (Å²) >= 11 is 9.00. The smallest absolute Gasteiger partial charge is 0.0519 e. The molecule has 0 amide bonds. The van der Waals surface area contributed by atoms with Gasteiger partial charge in [-0.1, -0.05) is 39.7 Å². The molecule has 0 aromatic heterocycles. The van der Waals surface area contributed by atoms with Crippen LogP contribution in [0.3, 0.4) is 0 Å². The molecule has 0 saturated carbocycles. The fourth-order valence-corrected chi connectivity index (χ4v) is 1.12. The lowest BCUT2D eigenvalue weighted by molar-refractivity contribution is 0.802. The number of nitrogens with one attached hydrogen (secondary N) is 1. The molecule has 0 unspecified atom stereocenters. The molecule has 3 heteroatoms. The van der Waals surface area contributed by atoms with Crippen molar-refractivity contribution in [2.45, 2.75) is 6.54 Å². The Morgan fingerprint density at radius 1 is 1.27 bits per heavy atom. The van der Waals surface area contributed by atoms with Gasteiger partial charge in [-0.15, -0.1) is 0 Å². The van der Waals surface area contributed by atoms with Gasteiger partial charge in [0.2, 0.25) is 0 Å². The van der Waals surface area contributed by atoms with Crippen LogP contribution in [0.5, 0.6) is 0 Å². The first kappa shape index (κ1) is 9.04. The standard InChI is InChI=1S/C8H9BrClN/c9-6-11-5-7-1-3-8(10)4-2-7/h1-4,11H,5-6H2. The molecule has 0 fully saturated rings. The Morgan fingerprint density at radius 2 is 1.91 bits per heavy atom. The highest BCUT2D eigenvalue weighted by molar-refractivity contribution is 9.09. The second kappa shape index (κ2) is 4.75. The molecule has 0 bridgehead atoms. The molecule has 1 aromatic carbocycles. The largest absolute Gasteiger partial charge is 0.303 e. The van der Waals surface area contributed by atoms with Gasteiger partial charge in [0.15, 0.2) is 0 Å². The van der Waals surface area contributed by atoms with Gasteiger partial charge in [-0.25, -0.2) is 0 Å². The average Bonchev–Trinajstić information content (AvgIpc) is 2.04. The Morgan fingerprint density at radius 3 is 2.45 bits per heavy atom. The number of benzene rings is 1. The van der Waals surface area contributed by atoms with Crippen LogP contribution in [0.4, 0.5) is 0 Å². The summed E-state index contributed by atoms with van der Waals surface area (Å²) in [6.07, 6.45) is 0. The summed E-state index contributed by atoms with van der Waals surface area (Å²) in [4.78, 5) is 0. The summed E-state index contributed by atoms with van der Waals surface area (Å²) in [5.41, 5.74) is 2.06. The number of hydrogen-bond acceptors (Lipinski definition) is 1. The van der Waals surface area contributed by atoms with Crippen molar-refractivity contribution in [2.75, 3.05) is 5.45 Å². The summed E-state index contributed by atoms with van der Waals surface area (Å²) in [5, 5.41) is 3.94. The molecule has 0 aliphatic rings. The van der Waals surface area contributed by atoms with E-state index in [1.807, 2.05) is 24.3 Å². The third-order valence-corrected chi connectivity index (χ3v) is 1.99. The minimum atomic E-state index is 0.785. The molecule has 0 aliphatic heterocycles. The molecule has 1 rings (SSSR count). The molecule has 1 N–H and O–H groups in total. The van der Waals surface area contributed by atoms with Crippen molar-refractivity contribution < 1.29 is 0 Å². The zero-order chi connectivity index (χ0) is 8.10. The first-order valence-corrected chi connectivity index (χ1v) is 4.84. The van der Waals surface area contributed by atoms with Crippen molar-refractivity contribution >= 4 is 27.5 Å². The quantitative estimate of drug-likeness (QED) is 0.626. The van der Waals surface area contributed by atoms with Gasteiger partial charge >= 0.3 is 0 Å². The highest BCUT2D eigenvalue weighted by Crippen LogP contribution is 2.08. The molecule has 0 spiro atoms. The predicted octanol–water partition coefficient (Wildman–Crippen LogP) is 2.78. The van der Waals surface area contributed by atoms with Gasteiger partial charge in [-0.05, 0) is 17.7 Å². The summed E-state index contributed by atoms with van der Waals surface area (Å²) in [7, 11) is 0. The normalized spacial score (nSPS) is 10.0. The van der Waals surface area contributed by atoms with Gasteiger partial charge < -0.3 is 5.32 Å². The van der Waals surface area contributed by atoms with E-state index in [1.165, 1.54) is 5.56 Å². The molecular weight excluding hydrogens is 225 g/mol. The molecular formula is C8H9BrClN. The first-order chi connectivity index (χ1) is 5.33. The summed E-state index contributed by atoms with van der Waals surface area (Å²) in [6, 6.07) is 7.82. The van der Waals surface area contributed by atoms with E-state index in [2.05, 4.69) is 21.2 Å². The maximum absolute atomic E-state index is 5.72. The van der Waals surface area contributed by atoms with Crippen LogP contribution in [0.2, 0.25) is 5.02 Å². The fourth-order valence-electron chi connectivity index (χ4n) is 0.794. The van der Waals surface area contributed by atoms with Crippen molar-refractivity contribution in [1.82, 2.24) is 5.32 Å². The Kier molecular flexibility index (Phi) is 3.91. The number of alkyl halides is 1. The second-order valence-electron chi connectivity index (χ2n) is 2.19. The molecule has 0 atom stereocenters. The topological polar surface area (TPSA) is 12.0 Å². The molecule has 11 heavy (non-hydrogen) atoms. The van der Waals surface area contributed by atoms with Crippen LogP contribution in [0.15, 0.2) is 24.3 Å². The second-order valence-corrected chi connectivity index (χ2v) is 3.18. The average molecular weight is 235 g/mol. The van der Waals surface area contributed by atoms with Crippen molar-refractivity contribution in [3.05, 3.63) is 34.9 Å². The maximum Gasteiger partial charge on any atom is 0.0519 e. The number of hydrogen-bond donors (Lipinski definition) is 1. The SMILES string of the molecule is Clc1ccc(CNCBr)cc1. The van der Waals surface area contributed by atoms with Gasteiger partial charge in [0, 0.05) is 11.6 Å². The summed E-state index contributed by atoms with van der Waals surface area (Å²) in [6.45, 7) is 0.877. The molecule has 1 aromatic rings. The maximum atomic E-state index is 5.72. The Hall–Kier alpha value is -0.0500. The van der Waals surface area contributed by atoms with E-state index in [0.29, 0.717) is 0 Å². The van der Waals surface area contributed by atoms with E-state index in [0.717, 1.165) is 17.0 Å². The lowest BCUT2D eigenvalue weighted by Crippen LogP contribution is -2.09. The van der Waals surface area contributed by atoms with E-state index in [4.69, 9.17) is 11.6 Å². The highest BCUT2D eigenvalue weighted by Gasteiger charge is 1.90. The van der Waals surface area contributed by atoms with Crippen molar-refractivity contribution in [1.29, 1.82) is 0 Å². The van der Waals surface area contributed by atoms with Crippen molar-refractivity contribution in [3.63, 3.8) is 0 Å². The van der Waals surface area contributed by atoms with Crippen molar-refractivity contribution in [3.8, 4) is 0 Å². The molecule has 0 saturated heterocycles. The zero-order valence-corrected chi connectivity index (χ0v) is 8.32. The molecule has 0 aliphatic carbocycles. The molecule has 1 nitrogen and oxygen atoms in total. The highest BCUT2D eigenvalue weighted by atomic mass is 79.9. The monoisotopic (exact) mass is 233 g/mol. The van der Waals surface area contributed by atoms with Crippen LogP contribution in [0.25, 0.3) is 0 Å². The van der Waals surface area contributed by atoms with Gasteiger partial charge in [0.05, 0.1) is 5.45 Å². The third kappa shape index (κ3) is 3.23. The van der Waals surface area contributed by atoms with Crippen LogP contribution in [0.1, 0.15) is 5.56 Å². The Bertz CT molecular complexity index is 210. The predicted molar refractivity (Wildman–Crippen MR) is 52.1 cm³/mol. The van der Waals surface area contributed by atoms with E-state index in [9.17, 15) is 0 Å². The van der Waals surface area contributed by atoms with Crippen LogP contribution in [-0.4, -0.2) is 5.45 Å². The third-order valence-electron chi connectivity index (χ3n) is 1.34. The van der Waals surface area contributed by atoms with Gasteiger partial charge in [0.25, 0.3) is 0 Å². The van der Waals surface area contributed by atoms with Gasteiger partial charge in [-0.2, -0.15) is 0 Å². The Balaban J connectivity index is 2.52. The van der Waals surface area contributed by atoms with Crippen molar-refractivity contribution in [2.24, 2.45) is 0 Å². The molecule has 0 radical (unpaired) electrons. The number of halogens is 2. The lowest BCUT2D eigenvalue weighted by Gasteiger charge is -1.99. The minimum absolute atomic E-state index is 0.785. The molecule has 0 heterocycles. The zero-order valence-electron chi connectivity index (χ0n) is 5.98. The van der Waals surface area contributed by atoms with Crippen LogP contribution < -0.4 is 5.32 Å². The fraction of sp³-hybridized carbons (Fsp3) is 0.250. The minimum Gasteiger partial charge on any atom is -0.303 e. The summed E-state index contributed by atoms with van der Waals surface area (Å²) < 4.78 is 0. The van der Waals surface area contributed by atoms with Crippen LogP contribution in [-0.2, 0) is 6.54 Å². The molecule has 60 valence electrons. The van der Waals surface area contributed by atoms with Crippen LogP contribution in [0, 0.1) is 0 Å². The van der Waals surface area contributed by atoms with E-state index in [-0.39, 0.29) is 0 Å². The summed E-state index contributed by atoms with van der Waals surface area (Å²) in [5.74, 6) is 0. The van der Waals surface area contributed by atoms with E-state index < -0.39 is 0 Å². The van der Waals surface area contributed by atoms with Crippen LogP contribution >= 0.6 is 27.5 Å². The van der Waals surface area contributed by atoms with E-state index >= 15 is 0 Å². The Labute approximate surface area is 79.9 Å². The van der Waals surface area contributed by atoms with Gasteiger partial charge in [-0.3, -0.25) is 0 Å². The van der Waals surface area contributed by atoms with E-state index in [1.54, 1.807) is 0 Å². The lowest BCUT2D eigenvalue weighted by atomic mass is 10.2. The number of rotatable bonds is 3. The van der Waals surface area contributed by atoms with Gasteiger partial charge in [0.1, 0.15) is 0 Å².